The lowest BCUT2D eigenvalue weighted by atomic mass is 10.2. The molecule has 3 nitrogen and oxygen atoms in total. The summed E-state index contributed by atoms with van der Waals surface area (Å²) in [6.45, 7) is 0. The summed E-state index contributed by atoms with van der Waals surface area (Å²) in [5.41, 5.74) is 1.56. The van der Waals surface area contributed by atoms with Gasteiger partial charge in [-0.25, -0.2) is 0 Å². The number of rotatable bonds is 1. The number of hydrogen-bond donors (Lipinski definition) is 0. The van der Waals surface area contributed by atoms with Crippen LogP contribution >= 0.6 is 0 Å². The molecule has 0 unspecified atom stereocenters. The quantitative estimate of drug-likeness (QED) is 0.608. The maximum absolute atomic E-state index is 11.3. The lowest BCUT2D eigenvalue weighted by molar-refractivity contribution is 1.15. The molecule has 1 aromatic heterocycles. The van der Waals surface area contributed by atoms with E-state index in [4.69, 9.17) is 0 Å². The first kappa shape index (κ1) is 7.86. The fourth-order valence-corrected chi connectivity index (χ4v) is 1.42. The molecule has 0 saturated heterocycles. The van der Waals surface area contributed by atoms with Crippen LogP contribution in [0.1, 0.15) is 5.56 Å². The lowest BCUT2D eigenvalue weighted by Gasteiger charge is -2.05. The molecule has 0 aliphatic rings. The average molecular weight is 173 g/mol. The fourth-order valence-electron chi connectivity index (χ4n) is 1.42. The van der Waals surface area contributed by atoms with Crippen molar-refractivity contribution in [2.75, 3.05) is 7.05 Å². The predicted molar refractivity (Wildman–Crippen MR) is 54.2 cm³/mol. The molecule has 0 aliphatic carbocycles. The molecule has 0 radical (unpaired) electrons. The van der Waals surface area contributed by atoms with Gasteiger partial charge in [-0.2, -0.15) is 0 Å². The maximum atomic E-state index is 11.3. The molecule has 3 heteroatoms. The van der Waals surface area contributed by atoms with Gasteiger partial charge in [0.25, 0.3) is 0 Å². The van der Waals surface area contributed by atoms with Gasteiger partial charge in [-0.05, 0) is 6.07 Å². The van der Waals surface area contributed by atoms with Crippen molar-refractivity contribution in [3.63, 3.8) is 0 Å². The second-order valence-corrected chi connectivity index (χ2v) is 2.81. The van der Waals surface area contributed by atoms with Crippen LogP contribution in [0.3, 0.4) is 0 Å². The van der Waals surface area contributed by atoms with E-state index in [1.807, 2.05) is 18.2 Å². The Hall–Kier alpha value is -1.77. The molecular weight excluding hydrogens is 164 g/mol. The third-order valence-corrected chi connectivity index (χ3v) is 1.98. The molecule has 0 N–H and O–H groups in total. The molecule has 2 aromatic rings. The van der Waals surface area contributed by atoms with E-state index in [0.29, 0.717) is 5.52 Å². The molecule has 13 heavy (non-hydrogen) atoms. The first-order valence-electron chi connectivity index (χ1n) is 4.02. The second kappa shape index (κ2) is 2.94. The Kier molecular flexibility index (Phi) is 1.77. The third kappa shape index (κ3) is 1.18. The van der Waals surface area contributed by atoms with Crippen molar-refractivity contribution in [3.05, 3.63) is 41.2 Å². The van der Waals surface area contributed by atoms with Crippen molar-refractivity contribution in [1.29, 1.82) is 0 Å². The first-order chi connectivity index (χ1) is 6.33. The molecule has 0 amide bonds. The second-order valence-electron chi connectivity index (χ2n) is 2.81. The Morgan fingerprint density at radius 2 is 2.15 bits per heavy atom. The van der Waals surface area contributed by atoms with E-state index in [1.54, 1.807) is 19.3 Å². The van der Waals surface area contributed by atoms with Crippen LogP contribution in [-0.4, -0.2) is 18.0 Å². The topological polar surface area (TPSA) is 40.3 Å². The summed E-state index contributed by atoms with van der Waals surface area (Å²) in [4.78, 5) is 3.89. The largest absolute Gasteiger partial charge is 0.806 e. The van der Waals surface area contributed by atoms with E-state index in [2.05, 4.69) is 4.99 Å². The molecule has 0 fully saturated rings. The maximum Gasteiger partial charge on any atom is 0.0439 e. The monoisotopic (exact) mass is 173 g/mol. The van der Waals surface area contributed by atoms with Crippen molar-refractivity contribution in [1.82, 2.24) is 4.73 Å². The number of hydrogen-bond acceptors (Lipinski definition) is 2. The summed E-state index contributed by atoms with van der Waals surface area (Å²) in [6.07, 6.45) is 3.23. The molecule has 0 spiro atoms. The van der Waals surface area contributed by atoms with Gasteiger partial charge in [0.15, 0.2) is 0 Å². The number of aromatic nitrogens is 1. The molecule has 2 rings (SSSR count). The summed E-state index contributed by atoms with van der Waals surface area (Å²) in [5, 5.41) is 12.3. The van der Waals surface area contributed by atoms with Crippen LogP contribution in [0.5, 0.6) is 0 Å². The standard InChI is InChI=1S/C10H9N2O/c1-11-6-8-7-12(13)10-5-3-2-4-9(8)10/h2-7H,1H3/q-1. The van der Waals surface area contributed by atoms with Crippen LogP contribution in [0.2, 0.25) is 0 Å². The lowest BCUT2D eigenvalue weighted by Crippen LogP contribution is -1.79. The van der Waals surface area contributed by atoms with Crippen LogP contribution in [0.25, 0.3) is 10.9 Å². The van der Waals surface area contributed by atoms with E-state index in [9.17, 15) is 5.21 Å². The molecule has 0 saturated carbocycles. The Balaban J connectivity index is 2.77. The van der Waals surface area contributed by atoms with Crippen LogP contribution in [0, 0.1) is 5.21 Å². The number of benzene rings is 1. The van der Waals surface area contributed by atoms with Crippen molar-refractivity contribution >= 4 is 17.1 Å². The van der Waals surface area contributed by atoms with Gasteiger partial charge in [0.05, 0.1) is 0 Å². The van der Waals surface area contributed by atoms with E-state index in [0.717, 1.165) is 15.7 Å². The van der Waals surface area contributed by atoms with Gasteiger partial charge in [0, 0.05) is 35.9 Å². The zero-order valence-electron chi connectivity index (χ0n) is 7.27. The molecular formula is C10H9N2O-. The summed E-state index contributed by atoms with van der Waals surface area (Å²) in [7, 11) is 1.69. The molecule has 0 atom stereocenters. The zero-order valence-corrected chi connectivity index (χ0v) is 7.27. The first-order valence-corrected chi connectivity index (χ1v) is 4.02. The highest BCUT2D eigenvalue weighted by Gasteiger charge is 2.00. The smallest absolute Gasteiger partial charge is 0.0439 e. The SMILES string of the molecule is CN=Cc1cn([O-])c2ccccc12. The highest BCUT2D eigenvalue weighted by molar-refractivity contribution is 5.99. The minimum absolute atomic E-state index is 0.692. The zero-order chi connectivity index (χ0) is 9.26. The average Bonchev–Trinajstić information content (AvgIpc) is 2.46. The van der Waals surface area contributed by atoms with E-state index in [-0.39, 0.29) is 0 Å². The van der Waals surface area contributed by atoms with Gasteiger partial charge in [-0.3, -0.25) is 4.99 Å². The van der Waals surface area contributed by atoms with Gasteiger partial charge >= 0.3 is 0 Å². The molecule has 1 aromatic carbocycles. The Morgan fingerprint density at radius 1 is 1.38 bits per heavy atom. The van der Waals surface area contributed by atoms with Crippen LogP contribution < -0.4 is 0 Å². The van der Waals surface area contributed by atoms with Gasteiger partial charge < -0.3 is 9.94 Å². The molecule has 0 bridgehead atoms. The summed E-state index contributed by atoms with van der Waals surface area (Å²) >= 11 is 0. The summed E-state index contributed by atoms with van der Waals surface area (Å²) in [6, 6.07) is 7.48. The minimum Gasteiger partial charge on any atom is -0.806 e. The normalized spacial score (nSPS) is 11.5. The van der Waals surface area contributed by atoms with Gasteiger partial charge in [0.1, 0.15) is 0 Å². The van der Waals surface area contributed by atoms with Crippen molar-refractivity contribution in [2.45, 2.75) is 0 Å². The summed E-state index contributed by atoms with van der Waals surface area (Å²) < 4.78 is 0.867. The molecule has 1 heterocycles. The summed E-state index contributed by atoms with van der Waals surface area (Å²) in [5.74, 6) is 0. The van der Waals surface area contributed by atoms with Gasteiger partial charge in [0.2, 0.25) is 0 Å². The highest BCUT2D eigenvalue weighted by Crippen LogP contribution is 2.18. The van der Waals surface area contributed by atoms with Gasteiger partial charge in [-0.15, -0.1) is 0 Å². The van der Waals surface area contributed by atoms with E-state index >= 15 is 0 Å². The van der Waals surface area contributed by atoms with Crippen molar-refractivity contribution in [3.8, 4) is 0 Å². The number of fused-ring (bicyclic) bond motifs is 1. The van der Waals surface area contributed by atoms with Crippen LogP contribution in [0.15, 0.2) is 35.5 Å². The van der Waals surface area contributed by atoms with Gasteiger partial charge in [-0.1, -0.05) is 18.2 Å². The Labute approximate surface area is 75.9 Å². The van der Waals surface area contributed by atoms with Crippen LogP contribution in [-0.2, 0) is 0 Å². The predicted octanol–water partition coefficient (Wildman–Crippen LogP) is 2.04. The van der Waals surface area contributed by atoms with Crippen molar-refractivity contribution < 1.29 is 0 Å². The van der Waals surface area contributed by atoms with E-state index < -0.39 is 0 Å². The van der Waals surface area contributed by atoms with Crippen LogP contribution in [0.4, 0.5) is 0 Å². The van der Waals surface area contributed by atoms with E-state index in [1.165, 1.54) is 6.20 Å². The fraction of sp³-hybridized carbons (Fsp3) is 0.100. The highest BCUT2D eigenvalue weighted by atomic mass is 16.5. The Bertz CT molecular complexity index is 457. The number of nitrogens with zero attached hydrogens (tertiary/aromatic N) is 2. The molecule has 66 valence electrons. The number of aliphatic imine (C=N–C) groups is 1. The van der Waals surface area contributed by atoms with Crippen molar-refractivity contribution in [2.24, 2.45) is 4.99 Å². The number of para-hydroxylation sites is 1. The Morgan fingerprint density at radius 3 is 2.92 bits per heavy atom. The minimum atomic E-state index is 0.692. The third-order valence-electron chi connectivity index (χ3n) is 1.98. The molecule has 0 aliphatic heterocycles.